The number of benzene rings is 1. The summed E-state index contributed by atoms with van der Waals surface area (Å²) in [5, 5.41) is 0. The van der Waals surface area contributed by atoms with E-state index in [1.165, 1.54) is 6.40 Å². The van der Waals surface area contributed by atoms with Gasteiger partial charge in [0.05, 0.1) is 18.1 Å². The molecule has 2 rings (SSSR count). The summed E-state index contributed by atoms with van der Waals surface area (Å²) in [5.41, 5.74) is 1.00. The lowest BCUT2D eigenvalue weighted by molar-refractivity contribution is -0.356. The number of para-hydroxylation sites is 1. The van der Waals surface area contributed by atoms with E-state index in [1.54, 1.807) is 17.0 Å². The number of hydrogen-bond donors (Lipinski definition) is 0. The summed E-state index contributed by atoms with van der Waals surface area (Å²) in [6, 6.07) is 9.82. The highest BCUT2D eigenvalue weighted by molar-refractivity contribution is 5.66. The van der Waals surface area contributed by atoms with E-state index < -0.39 is 0 Å². The van der Waals surface area contributed by atoms with Crippen molar-refractivity contribution in [2.75, 3.05) is 0 Å². The second-order valence-corrected chi connectivity index (χ2v) is 2.46. The van der Waals surface area contributed by atoms with Crippen molar-refractivity contribution < 1.29 is 9.31 Å². The first-order valence-corrected chi connectivity index (χ1v) is 3.90. The van der Waals surface area contributed by atoms with Gasteiger partial charge >= 0.3 is 0 Å². The Morgan fingerprint density at radius 2 is 2.08 bits per heavy atom. The van der Waals surface area contributed by atoms with Gasteiger partial charge in [-0.1, -0.05) is 30.3 Å². The third-order valence-electron chi connectivity index (χ3n) is 1.60. The molecule has 0 saturated carbocycles. The standard InChI is InChI=1S/C10H8N2O/c1-2-4-10(5-3-1)12-6-7-13-9-11-8-12/h1-7,9H. The number of ether oxygens (including phenoxy) is 1. The van der Waals surface area contributed by atoms with Gasteiger partial charge in [0, 0.05) is 0 Å². The molecule has 0 aromatic heterocycles. The smallest absolute Gasteiger partial charge is 0.291 e. The Balaban J connectivity index is 2.36. The molecule has 1 aliphatic heterocycles. The molecule has 0 amide bonds. The zero-order valence-corrected chi connectivity index (χ0v) is 6.92. The fourth-order valence-electron chi connectivity index (χ4n) is 1.01. The van der Waals surface area contributed by atoms with Crippen molar-refractivity contribution in [2.45, 2.75) is 0 Å². The normalized spacial score (nSPS) is 14.6. The van der Waals surface area contributed by atoms with Crippen LogP contribution in [0.5, 0.6) is 0 Å². The van der Waals surface area contributed by atoms with Crippen LogP contribution in [0, 0.1) is 0 Å². The summed E-state index contributed by atoms with van der Waals surface area (Å²) >= 11 is 0. The van der Waals surface area contributed by atoms with Gasteiger partial charge < -0.3 is 9.31 Å². The van der Waals surface area contributed by atoms with Crippen molar-refractivity contribution in [1.29, 1.82) is 0 Å². The van der Waals surface area contributed by atoms with Crippen LogP contribution in [0.15, 0.2) is 47.8 Å². The number of aliphatic imine (C=N–C) groups is 1. The molecule has 3 heteroatoms. The molecule has 0 unspecified atom stereocenters. The lowest BCUT2D eigenvalue weighted by Gasteiger charge is -2.03. The minimum atomic E-state index is 1.00. The van der Waals surface area contributed by atoms with E-state index in [-0.39, 0.29) is 0 Å². The van der Waals surface area contributed by atoms with E-state index in [9.17, 15) is 0 Å². The van der Waals surface area contributed by atoms with E-state index in [4.69, 9.17) is 4.74 Å². The van der Waals surface area contributed by atoms with Crippen molar-refractivity contribution in [2.24, 2.45) is 4.99 Å². The summed E-state index contributed by atoms with van der Waals surface area (Å²) in [6.45, 7) is 0. The molecule has 1 aromatic rings. The third-order valence-corrected chi connectivity index (χ3v) is 1.60. The van der Waals surface area contributed by atoms with Crippen LogP contribution in [0.4, 0.5) is 5.69 Å². The number of hydrogen-bond acceptors (Lipinski definition) is 2. The Hall–Kier alpha value is -1.90. The lowest BCUT2D eigenvalue weighted by Crippen LogP contribution is -1.95. The van der Waals surface area contributed by atoms with Gasteiger partial charge in [0.25, 0.3) is 6.34 Å². The van der Waals surface area contributed by atoms with Crippen LogP contribution in [0.1, 0.15) is 0 Å². The molecule has 1 aliphatic rings. The molecule has 64 valence electrons. The first-order valence-electron chi connectivity index (χ1n) is 3.90. The molecule has 0 N–H and O–H groups in total. The lowest BCUT2D eigenvalue weighted by atomic mass is 10.3. The molecule has 1 aromatic carbocycles. The highest BCUT2D eigenvalue weighted by Crippen LogP contribution is 2.10. The van der Waals surface area contributed by atoms with Crippen LogP contribution in [-0.4, -0.2) is 17.3 Å². The maximum Gasteiger partial charge on any atom is 0.291 e. The Kier molecular flexibility index (Phi) is 2.18. The Morgan fingerprint density at radius 3 is 2.92 bits per heavy atom. The molecule has 0 saturated heterocycles. The molecule has 0 aliphatic carbocycles. The summed E-state index contributed by atoms with van der Waals surface area (Å²) in [5.74, 6) is 0. The summed E-state index contributed by atoms with van der Waals surface area (Å²) < 4.78 is 6.62. The fourth-order valence-corrected chi connectivity index (χ4v) is 1.01. The highest BCUT2D eigenvalue weighted by Gasteiger charge is 1.94. The van der Waals surface area contributed by atoms with Gasteiger partial charge in [-0.05, 0) is 0 Å². The quantitative estimate of drug-likeness (QED) is 0.468. The van der Waals surface area contributed by atoms with Crippen molar-refractivity contribution in [3.63, 3.8) is 0 Å². The van der Waals surface area contributed by atoms with E-state index in [0.29, 0.717) is 0 Å². The van der Waals surface area contributed by atoms with Gasteiger partial charge in [-0.2, -0.15) is 0 Å². The van der Waals surface area contributed by atoms with E-state index in [1.807, 2.05) is 30.3 Å². The van der Waals surface area contributed by atoms with Gasteiger partial charge in [-0.25, -0.2) is 0 Å². The van der Waals surface area contributed by atoms with Crippen LogP contribution < -0.4 is 0 Å². The minimum Gasteiger partial charge on any atom is -0.483 e. The molecule has 0 bridgehead atoms. The molecular formula is C10H8N2O. The maximum atomic E-state index is 4.87. The average Bonchev–Trinajstić information content (AvgIpc) is 2.47. The van der Waals surface area contributed by atoms with Gasteiger partial charge in [0.1, 0.15) is 0 Å². The molecule has 0 radical (unpaired) electrons. The van der Waals surface area contributed by atoms with Gasteiger partial charge in [-0.15, -0.1) is 4.99 Å². The van der Waals surface area contributed by atoms with E-state index in [0.717, 1.165) is 5.69 Å². The summed E-state index contributed by atoms with van der Waals surface area (Å²) in [4.78, 5) is 3.79. The van der Waals surface area contributed by atoms with Gasteiger partial charge in [-0.3, -0.25) is 0 Å². The van der Waals surface area contributed by atoms with Crippen molar-refractivity contribution in [1.82, 2.24) is 0 Å². The van der Waals surface area contributed by atoms with Crippen LogP contribution >= 0.6 is 0 Å². The molecule has 0 atom stereocenters. The molecule has 13 heavy (non-hydrogen) atoms. The number of rotatable bonds is 1. The Labute approximate surface area is 76.3 Å². The molecular weight excluding hydrogens is 164 g/mol. The SMILES string of the molecule is [C-]1=[N+](c2ccccc2)C=COC=N1. The van der Waals surface area contributed by atoms with Crippen LogP contribution in [-0.2, 0) is 4.74 Å². The third kappa shape index (κ3) is 1.82. The highest BCUT2D eigenvalue weighted by atomic mass is 16.5. The van der Waals surface area contributed by atoms with Gasteiger partial charge in [0.15, 0.2) is 0 Å². The largest absolute Gasteiger partial charge is 0.483 e. The zero-order valence-electron chi connectivity index (χ0n) is 6.92. The topological polar surface area (TPSA) is 24.6 Å². The van der Waals surface area contributed by atoms with E-state index >= 15 is 0 Å². The monoisotopic (exact) mass is 172 g/mol. The maximum absolute atomic E-state index is 4.87. The Bertz CT molecular complexity index is 366. The molecule has 1 heterocycles. The molecule has 0 fully saturated rings. The van der Waals surface area contributed by atoms with Crippen molar-refractivity contribution in [3.05, 3.63) is 42.8 Å². The molecule has 3 nitrogen and oxygen atoms in total. The van der Waals surface area contributed by atoms with Crippen LogP contribution in [0.3, 0.4) is 0 Å². The Morgan fingerprint density at radius 1 is 1.23 bits per heavy atom. The van der Waals surface area contributed by atoms with Crippen molar-refractivity contribution >= 4 is 18.4 Å². The first-order chi connectivity index (χ1) is 6.47. The van der Waals surface area contributed by atoms with Crippen LogP contribution in [0.25, 0.3) is 0 Å². The second kappa shape index (κ2) is 3.67. The van der Waals surface area contributed by atoms with E-state index in [2.05, 4.69) is 11.3 Å². The average molecular weight is 172 g/mol. The summed E-state index contributed by atoms with van der Waals surface area (Å²) in [7, 11) is 0. The predicted molar refractivity (Wildman–Crippen MR) is 50.1 cm³/mol. The van der Waals surface area contributed by atoms with Gasteiger partial charge in [0.2, 0.25) is 6.40 Å². The summed E-state index contributed by atoms with van der Waals surface area (Å²) in [6.07, 6.45) is 7.43. The first kappa shape index (κ1) is 7.73. The fraction of sp³-hybridized carbons (Fsp3) is 0. The zero-order chi connectivity index (χ0) is 8.93. The number of nitrogens with zero attached hydrogens (tertiary/aromatic N) is 2. The van der Waals surface area contributed by atoms with Crippen LogP contribution in [0.2, 0.25) is 0 Å². The minimum absolute atomic E-state index is 1.00. The van der Waals surface area contributed by atoms with Crippen molar-refractivity contribution in [3.8, 4) is 0 Å². The molecule has 0 spiro atoms. The predicted octanol–water partition coefficient (Wildman–Crippen LogP) is 1.77. The second-order valence-electron chi connectivity index (χ2n) is 2.46.